The van der Waals surface area contributed by atoms with Crippen molar-refractivity contribution in [3.63, 3.8) is 0 Å². The van der Waals surface area contributed by atoms with Crippen molar-refractivity contribution in [3.8, 4) is 0 Å². The molecule has 0 rings (SSSR count). The van der Waals surface area contributed by atoms with Gasteiger partial charge in [-0.1, -0.05) is 252 Å². The van der Waals surface area contributed by atoms with E-state index >= 15 is 0 Å². The second kappa shape index (κ2) is 46.9. The first-order valence-corrected chi connectivity index (χ1v) is 27.2. The molecule has 0 saturated heterocycles. The van der Waals surface area contributed by atoms with Crippen LogP contribution in [0.4, 0.5) is 0 Å². The maximum absolute atomic E-state index is 12.7. The zero-order valence-corrected chi connectivity index (χ0v) is 42.3. The van der Waals surface area contributed by atoms with Crippen LogP contribution in [0.2, 0.25) is 0 Å². The van der Waals surface area contributed by atoms with Crippen molar-refractivity contribution >= 4 is 53.2 Å². The Morgan fingerprint density at radius 2 is 0.517 bits per heavy atom. The van der Waals surface area contributed by atoms with Gasteiger partial charge < -0.3 is 14.2 Å². The van der Waals surface area contributed by atoms with Crippen molar-refractivity contribution in [1.82, 2.24) is 0 Å². The molecule has 3 unspecified atom stereocenters. The third-order valence-electron chi connectivity index (χ3n) is 12.1. The van der Waals surface area contributed by atoms with Crippen LogP contribution in [0.3, 0.4) is 0 Å². The van der Waals surface area contributed by atoms with Gasteiger partial charge in [-0.05, 0) is 19.3 Å². The van der Waals surface area contributed by atoms with Crippen molar-refractivity contribution < 1.29 is 28.6 Å². The minimum absolute atomic E-state index is 0.0668. The Morgan fingerprint density at radius 3 is 0.733 bits per heavy atom. The molecule has 6 nitrogen and oxygen atoms in total. The molecule has 0 aromatic heterocycles. The van der Waals surface area contributed by atoms with Gasteiger partial charge in [0.05, 0.1) is 13.2 Å². The van der Waals surface area contributed by atoms with Gasteiger partial charge in [0.25, 0.3) is 0 Å². The predicted molar refractivity (Wildman–Crippen MR) is 267 cm³/mol. The molecule has 0 N–H and O–H groups in total. The van der Waals surface area contributed by atoms with Crippen molar-refractivity contribution in [1.29, 1.82) is 0 Å². The smallest absolute Gasteiger partial charge is 0.214 e. The molecule has 0 aromatic carbocycles. The highest BCUT2D eigenvalue weighted by Gasteiger charge is 2.26. The maximum atomic E-state index is 12.7. The fourth-order valence-corrected chi connectivity index (χ4v) is 8.72. The highest BCUT2D eigenvalue weighted by molar-refractivity contribution is 7.97. The average molecular weight is 904 g/mol. The van der Waals surface area contributed by atoms with E-state index in [-0.39, 0.29) is 28.6 Å². The number of carbonyl (C=O) groups excluding carboxylic acids is 3. The lowest BCUT2D eigenvalue weighted by Gasteiger charge is -2.26. The molecule has 0 fully saturated rings. The standard InChI is InChI=1S/C51H98O6S3/c1-4-7-10-13-16-19-22-25-28-31-34-37-40-46(49(52)58)55-43-45(57-48(51(54)60)42-39-36-33-30-27-24-21-18-15-12-9-6-3)44-56-47(50(53)59)41-38-35-32-29-26-23-20-17-14-11-8-5-2/h45-48H,4-44H2,1-3H3,(H,52,58)(H,53,59)(H,54,60). The Kier molecular flexibility index (Phi) is 46.9. The monoisotopic (exact) mass is 903 g/mol. The molecule has 356 valence electrons. The summed E-state index contributed by atoms with van der Waals surface area (Å²) in [6.45, 7) is 6.91. The fourth-order valence-electron chi connectivity index (χ4n) is 8.12. The lowest BCUT2D eigenvalue weighted by atomic mass is 10.0. The predicted octanol–water partition coefficient (Wildman–Crippen LogP) is 16.2. The number of hydrogen-bond acceptors (Lipinski definition) is 6. The summed E-state index contributed by atoms with van der Waals surface area (Å²) < 4.78 is 18.7. The van der Waals surface area contributed by atoms with E-state index in [0.29, 0.717) is 19.3 Å². The molecule has 0 saturated carbocycles. The lowest BCUT2D eigenvalue weighted by molar-refractivity contribution is -0.147. The number of hydrogen-bond donors (Lipinski definition) is 3. The third kappa shape index (κ3) is 40.7. The van der Waals surface area contributed by atoms with Crippen LogP contribution in [0, 0.1) is 0 Å². The van der Waals surface area contributed by atoms with E-state index in [0.717, 1.165) is 57.8 Å². The highest BCUT2D eigenvalue weighted by atomic mass is 32.1. The normalized spacial score (nSPS) is 13.7. The summed E-state index contributed by atoms with van der Waals surface area (Å²) >= 11 is 12.5. The zero-order valence-electron chi connectivity index (χ0n) is 39.6. The molecule has 0 amide bonds. The van der Waals surface area contributed by atoms with Crippen LogP contribution < -0.4 is 0 Å². The number of rotatable bonds is 50. The Balaban J connectivity index is 4.99. The molecule has 0 aliphatic carbocycles. The van der Waals surface area contributed by atoms with E-state index < -0.39 is 24.4 Å². The molecular formula is C51H98O6S3. The van der Waals surface area contributed by atoms with Crippen molar-refractivity contribution in [2.75, 3.05) is 13.2 Å². The number of carbonyl (C=O) groups is 3. The summed E-state index contributed by atoms with van der Waals surface area (Å²) in [4.78, 5) is 37.8. The van der Waals surface area contributed by atoms with E-state index in [1.54, 1.807) is 0 Å². The summed E-state index contributed by atoms with van der Waals surface area (Å²) in [7, 11) is 0. The number of unbranched alkanes of at least 4 members (excludes halogenated alkanes) is 33. The van der Waals surface area contributed by atoms with Crippen molar-refractivity contribution in [2.24, 2.45) is 0 Å². The van der Waals surface area contributed by atoms with Crippen LogP contribution in [0.25, 0.3) is 0 Å². The first-order valence-electron chi connectivity index (χ1n) is 25.8. The van der Waals surface area contributed by atoms with Crippen LogP contribution >= 0.6 is 37.9 Å². The summed E-state index contributed by atoms with van der Waals surface area (Å²) in [5.74, 6) is 0. The van der Waals surface area contributed by atoms with E-state index in [1.807, 2.05) is 0 Å². The van der Waals surface area contributed by atoms with E-state index in [2.05, 4.69) is 58.7 Å². The van der Waals surface area contributed by atoms with E-state index in [4.69, 9.17) is 14.2 Å². The third-order valence-corrected chi connectivity index (χ3v) is 13.0. The highest BCUT2D eigenvalue weighted by Crippen LogP contribution is 2.20. The van der Waals surface area contributed by atoms with Crippen LogP contribution in [0.1, 0.15) is 271 Å². The van der Waals surface area contributed by atoms with Crippen molar-refractivity contribution in [2.45, 2.75) is 296 Å². The minimum Gasteiger partial charge on any atom is -0.367 e. The average Bonchev–Trinajstić information content (AvgIpc) is 3.22. The van der Waals surface area contributed by atoms with E-state index in [9.17, 15) is 14.4 Å². The van der Waals surface area contributed by atoms with Gasteiger partial charge in [0.15, 0.2) is 0 Å². The van der Waals surface area contributed by atoms with Gasteiger partial charge in [-0.15, -0.1) is 37.9 Å². The Morgan fingerprint density at radius 1 is 0.317 bits per heavy atom. The van der Waals surface area contributed by atoms with Crippen LogP contribution in [-0.2, 0) is 28.6 Å². The summed E-state index contributed by atoms with van der Waals surface area (Å²) in [5.41, 5.74) is 0. The number of ether oxygens (including phenoxy) is 3. The summed E-state index contributed by atoms with van der Waals surface area (Å²) in [6.07, 6.45) is 44.0. The molecule has 0 aliphatic heterocycles. The largest absolute Gasteiger partial charge is 0.367 e. The molecule has 0 radical (unpaired) electrons. The molecule has 0 bridgehead atoms. The fraction of sp³-hybridized carbons (Fsp3) is 0.941. The summed E-state index contributed by atoms with van der Waals surface area (Å²) in [5, 5.41) is -0.919. The van der Waals surface area contributed by atoms with Crippen LogP contribution in [-0.4, -0.2) is 53.0 Å². The molecule has 9 heteroatoms. The lowest BCUT2D eigenvalue weighted by Crippen LogP contribution is -2.37. The van der Waals surface area contributed by atoms with Gasteiger partial charge >= 0.3 is 0 Å². The molecule has 60 heavy (non-hydrogen) atoms. The number of thiol groups is 3. The van der Waals surface area contributed by atoms with Gasteiger partial charge in [-0.2, -0.15) is 0 Å². The second-order valence-corrected chi connectivity index (χ2v) is 19.3. The second-order valence-electron chi connectivity index (χ2n) is 17.9. The van der Waals surface area contributed by atoms with Gasteiger partial charge in [0.2, 0.25) is 15.3 Å². The molecule has 0 aliphatic rings. The quantitative estimate of drug-likeness (QED) is 0.0417. The Bertz CT molecular complexity index is 902. The molecule has 0 spiro atoms. The molecule has 0 aromatic rings. The Labute approximate surface area is 388 Å². The molecule has 0 heterocycles. The first-order chi connectivity index (χ1) is 29.3. The van der Waals surface area contributed by atoms with Gasteiger partial charge in [0, 0.05) is 0 Å². The van der Waals surface area contributed by atoms with Gasteiger partial charge in [0.1, 0.15) is 24.4 Å². The SMILES string of the molecule is CCCCCCCCCCCCCCC(OCC(COC(CCCCCCCCCCCCCC)C(=O)S)OC(CCCCCCCCCCCCCC)C(=O)S)C(=O)S. The first kappa shape index (κ1) is 59.9. The minimum atomic E-state index is -0.711. The zero-order chi connectivity index (χ0) is 44.2. The molecular weight excluding hydrogens is 805 g/mol. The van der Waals surface area contributed by atoms with Crippen LogP contribution in [0.15, 0.2) is 0 Å². The van der Waals surface area contributed by atoms with Crippen LogP contribution in [0.5, 0.6) is 0 Å². The Hall–Kier alpha value is -0.0600. The van der Waals surface area contributed by atoms with E-state index in [1.165, 1.54) is 173 Å². The topological polar surface area (TPSA) is 78.9 Å². The molecule has 3 atom stereocenters. The van der Waals surface area contributed by atoms with Gasteiger partial charge in [-0.3, -0.25) is 14.4 Å². The maximum Gasteiger partial charge on any atom is 0.214 e. The van der Waals surface area contributed by atoms with Crippen molar-refractivity contribution in [3.05, 3.63) is 0 Å². The van der Waals surface area contributed by atoms with Gasteiger partial charge in [-0.25, -0.2) is 0 Å². The summed E-state index contributed by atoms with van der Waals surface area (Å²) in [6, 6.07) is 0.